The fourth-order valence-corrected chi connectivity index (χ4v) is 5.87. The minimum absolute atomic E-state index is 0.0793. The van der Waals surface area contributed by atoms with Crippen LogP contribution in [0.2, 0.25) is 0 Å². The summed E-state index contributed by atoms with van der Waals surface area (Å²) in [6, 6.07) is 15.7. The number of hydrogen-bond acceptors (Lipinski definition) is 9. The van der Waals surface area contributed by atoms with Gasteiger partial charge < -0.3 is 29.2 Å². The Labute approximate surface area is 247 Å². The molecule has 0 aliphatic carbocycles. The molecule has 1 saturated heterocycles. The second-order valence-electron chi connectivity index (χ2n) is 10.7. The average molecular weight is 573 g/mol. The van der Waals surface area contributed by atoms with Crippen LogP contribution in [0.4, 0.5) is 17.2 Å². The Kier molecular flexibility index (Phi) is 6.31. The second-order valence-corrected chi connectivity index (χ2v) is 10.7. The lowest BCUT2D eigenvalue weighted by Crippen LogP contribution is -2.58. The SMILES string of the molecule is C=CC(=O)N1CCN2c3c(C#N)cc4ncnc(Nc5ccc(Oc6ccc7c(c6)ncn7C)c(C)c5)c4c3OCC2C1. The highest BCUT2D eigenvalue weighted by Gasteiger charge is 2.37. The van der Waals surface area contributed by atoms with Gasteiger partial charge in [0.25, 0.3) is 0 Å². The summed E-state index contributed by atoms with van der Waals surface area (Å²) in [7, 11) is 1.96. The van der Waals surface area contributed by atoms with E-state index < -0.39 is 0 Å². The normalized spacial score (nSPS) is 15.8. The molecule has 11 heteroatoms. The fraction of sp³-hybridized carbons (Fsp3) is 0.219. The van der Waals surface area contributed by atoms with Crippen LogP contribution in [0.25, 0.3) is 21.9 Å². The molecular weight excluding hydrogens is 544 g/mol. The lowest BCUT2D eigenvalue weighted by molar-refractivity contribution is -0.127. The maximum atomic E-state index is 12.2. The second kappa shape index (κ2) is 10.3. The fourth-order valence-electron chi connectivity index (χ4n) is 5.87. The molecule has 3 aromatic carbocycles. The predicted octanol–water partition coefficient (Wildman–Crippen LogP) is 4.83. The molecule has 1 atom stereocenters. The van der Waals surface area contributed by atoms with E-state index in [9.17, 15) is 10.1 Å². The predicted molar refractivity (Wildman–Crippen MR) is 163 cm³/mol. The van der Waals surface area contributed by atoms with Crippen molar-refractivity contribution in [2.75, 3.05) is 36.5 Å². The number of anilines is 3. The molecule has 5 aromatic rings. The van der Waals surface area contributed by atoms with Gasteiger partial charge in [0.2, 0.25) is 5.91 Å². The van der Waals surface area contributed by atoms with Gasteiger partial charge in [-0.15, -0.1) is 0 Å². The van der Waals surface area contributed by atoms with E-state index in [0.29, 0.717) is 65.7 Å². The molecule has 1 fully saturated rings. The van der Waals surface area contributed by atoms with Crippen molar-refractivity contribution in [3.63, 3.8) is 0 Å². The minimum Gasteiger partial charge on any atom is -0.488 e. The molecule has 0 radical (unpaired) electrons. The van der Waals surface area contributed by atoms with Crippen molar-refractivity contribution in [3.05, 3.63) is 78.9 Å². The number of aryl methyl sites for hydroxylation is 2. The van der Waals surface area contributed by atoms with Gasteiger partial charge in [-0.25, -0.2) is 15.0 Å². The molecule has 214 valence electrons. The standard InChI is InChI=1S/C32H28N8O3/c1-4-28(41)39-9-10-40-22(15-39)16-42-31-29-25(12-20(14-33)30(31)40)34-17-35-32(29)37-21-5-8-27(19(2)11-21)43-23-6-7-26-24(13-23)36-18-38(26)3/h4-8,11-13,17-18,22H,1,9-10,15-16H2,2-3H3,(H,34,35,37). The summed E-state index contributed by atoms with van der Waals surface area (Å²) in [6.45, 7) is 7.56. The van der Waals surface area contributed by atoms with Crippen LogP contribution in [-0.2, 0) is 11.8 Å². The number of carbonyl (C=O) groups excluding carboxylic acids is 1. The molecule has 2 aliphatic heterocycles. The third kappa shape index (κ3) is 4.53. The number of nitriles is 1. The van der Waals surface area contributed by atoms with Crippen molar-refractivity contribution in [1.82, 2.24) is 24.4 Å². The number of benzene rings is 3. The van der Waals surface area contributed by atoms with E-state index in [1.54, 1.807) is 17.3 Å². The summed E-state index contributed by atoms with van der Waals surface area (Å²) in [4.78, 5) is 29.6. The molecular formula is C32H28N8O3. The van der Waals surface area contributed by atoms with Crippen LogP contribution in [0.5, 0.6) is 17.2 Å². The molecule has 2 aliphatic rings. The van der Waals surface area contributed by atoms with Gasteiger partial charge in [-0.3, -0.25) is 4.79 Å². The molecule has 2 aromatic heterocycles. The van der Waals surface area contributed by atoms with Gasteiger partial charge in [-0.1, -0.05) is 6.58 Å². The van der Waals surface area contributed by atoms with Crippen molar-refractivity contribution in [1.29, 1.82) is 5.26 Å². The van der Waals surface area contributed by atoms with Crippen molar-refractivity contribution in [2.45, 2.75) is 13.0 Å². The number of fused-ring (bicyclic) bond motifs is 6. The molecule has 1 unspecified atom stereocenters. The maximum absolute atomic E-state index is 12.2. The Bertz CT molecular complexity index is 1980. The third-order valence-electron chi connectivity index (χ3n) is 8.01. The first kappa shape index (κ1) is 26.3. The van der Waals surface area contributed by atoms with E-state index in [-0.39, 0.29) is 11.9 Å². The van der Waals surface area contributed by atoms with Crippen LogP contribution in [-0.4, -0.2) is 62.6 Å². The molecule has 0 saturated carbocycles. The summed E-state index contributed by atoms with van der Waals surface area (Å²) < 4.78 is 14.5. The van der Waals surface area contributed by atoms with Gasteiger partial charge in [-0.05, 0) is 55.0 Å². The van der Waals surface area contributed by atoms with Crippen molar-refractivity contribution in [2.24, 2.45) is 7.05 Å². The van der Waals surface area contributed by atoms with Crippen LogP contribution in [0.15, 0.2) is 67.8 Å². The highest BCUT2D eigenvalue weighted by Crippen LogP contribution is 2.45. The lowest BCUT2D eigenvalue weighted by atomic mass is 10.0. The maximum Gasteiger partial charge on any atom is 0.246 e. The first-order valence-corrected chi connectivity index (χ1v) is 13.9. The zero-order chi connectivity index (χ0) is 29.7. The molecule has 4 heterocycles. The summed E-state index contributed by atoms with van der Waals surface area (Å²) in [5, 5.41) is 14.2. The van der Waals surface area contributed by atoms with E-state index in [1.807, 2.05) is 54.9 Å². The van der Waals surface area contributed by atoms with Crippen LogP contribution in [0.1, 0.15) is 11.1 Å². The number of imidazole rings is 1. The van der Waals surface area contributed by atoms with E-state index in [0.717, 1.165) is 28.0 Å². The Morgan fingerprint density at radius 3 is 2.86 bits per heavy atom. The molecule has 11 nitrogen and oxygen atoms in total. The van der Waals surface area contributed by atoms with Crippen LogP contribution in [0.3, 0.4) is 0 Å². The summed E-state index contributed by atoms with van der Waals surface area (Å²) in [6.07, 6.45) is 4.59. The molecule has 1 amide bonds. The Morgan fingerprint density at radius 1 is 1.16 bits per heavy atom. The molecule has 7 rings (SSSR count). The quantitative estimate of drug-likeness (QED) is 0.295. The van der Waals surface area contributed by atoms with Crippen molar-refractivity contribution in [3.8, 4) is 23.3 Å². The number of nitrogens with one attached hydrogen (secondary N) is 1. The van der Waals surface area contributed by atoms with Crippen LogP contribution >= 0.6 is 0 Å². The van der Waals surface area contributed by atoms with E-state index >= 15 is 0 Å². The Morgan fingerprint density at radius 2 is 2.05 bits per heavy atom. The number of amides is 1. The minimum atomic E-state index is -0.106. The van der Waals surface area contributed by atoms with Crippen molar-refractivity contribution >= 4 is 45.0 Å². The monoisotopic (exact) mass is 572 g/mol. The summed E-state index contributed by atoms with van der Waals surface area (Å²) in [5.74, 6) is 2.47. The summed E-state index contributed by atoms with van der Waals surface area (Å²) >= 11 is 0. The van der Waals surface area contributed by atoms with Gasteiger partial charge in [0.15, 0.2) is 5.75 Å². The summed E-state index contributed by atoms with van der Waals surface area (Å²) in [5.41, 5.74) is 5.44. The first-order valence-electron chi connectivity index (χ1n) is 13.9. The molecule has 43 heavy (non-hydrogen) atoms. The van der Waals surface area contributed by atoms with Gasteiger partial charge in [0.1, 0.15) is 36.3 Å². The largest absolute Gasteiger partial charge is 0.488 e. The van der Waals surface area contributed by atoms with Crippen molar-refractivity contribution < 1.29 is 14.3 Å². The number of piperazine rings is 1. The zero-order valence-corrected chi connectivity index (χ0v) is 23.7. The molecule has 1 N–H and O–H groups in total. The number of hydrogen-bond donors (Lipinski definition) is 1. The van der Waals surface area contributed by atoms with Gasteiger partial charge in [-0.2, -0.15) is 5.26 Å². The smallest absolute Gasteiger partial charge is 0.246 e. The van der Waals surface area contributed by atoms with E-state index in [1.165, 1.54) is 12.4 Å². The van der Waals surface area contributed by atoms with Gasteiger partial charge in [0, 0.05) is 38.4 Å². The van der Waals surface area contributed by atoms with E-state index in [4.69, 9.17) is 9.47 Å². The average Bonchev–Trinajstić information content (AvgIpc) is 3.40. The number of aromatic nitrogens is 4. The van der Waals surface area contributed by atoms with Gasteiger partial charge in [0.05, 0.1) is 45.6 Å². The number of carbonyl (C=O) groups is 1. The number of ether oxygens (including phenoxy) is 2. The number of rotatable bonds is 5. The Hall–Kier alpha value is -5.63. The van der Waals surface area contributed by atoms with Crippen LogP contribution < -0.4 is 19.7 Å². The zero-order valence-electron chi connectivity index (χ0n) is 23.7. The topological polar surface area (TPSA) is 121 Å². The van der Waals surface area contributed by atoms with E-state index in [2.05, 4.69) is 37.8 Å². The highest BCUT2D eigenvalue weighted by molar-refractivity contribution is 6.02. The Balaban J connectivity index is 1.20. The molecule has 0 bridgehead atoms. The molecule has 0 spiro atoms. The number of nitrogens with zero attached hydrogens (tertiary/aromatic N) is 7. The lowest BCUT2D eigenvalue weighted by Gasteiger charge is -2.45. The van der Waals surface area contributed by atoms with Crippen LogP contribution in [0, 0.1) is 18.3 Å². The van der Waals surface area contributed by atoms with Gasteiger partial charge >= 0.3 is 0 Å². The third-order valence-corrected chi connectivity index (χ3v) is 8.01. The highest BCUT2D eigenvalue weighted by atomic mass is 16.5. The first-order chi connectivity index (χ1) is 20.9.